The minimum Gasteiger partial charge on any atom is -0.0620 e. The Morgan fingerprint density at radius 2 is 0.435 bits per heavy atom. The summed E-state index contributed by atoms with van der Waals surface area (Å²) in [4.78, 5) is 0. The van der Waals surface area contributed by atoms with Crippen LogP contribution in [0, 0.1) is 0 Å². The first kappa shape index (κ1) is 23.0. The monoisotopic (exact) mass is 584 g/mol. The van der Waals surface area contributed by atoms with Crippen LogP contribution in [0.1, 0.15) is 162 Å². The van der Waals surface area contributed by atoms with E-state index in [-0.39, 0.29) is 0 Å². The minimum absolute atomic E-state index is 0.574. The van der Waals surface area contributed by atoms with Gasteiger partial charge in [0.25, 0.3) is 0 Å². The Labute approximate surface area is 269 Å². The maximum atomic E-state index is 2.67. The number of hydrogen-bond acceptors (Lipinski definition) is 0. The smallest absolute Gasteiger partial charge is 0.0105 e. The summed E-state index contributed by atoms with van der Waals surface area (Å²) in [6, 6.07) is 39.7. The summed E-state index contributed by atoms with van der Waals surface area (Å²) in [5.41, 5.74) is 26.1. The van der Waals surface area contributed by atoms with Gasteiger partial charge in [0, 0.05) is 47.3 Å². The summed E-state index contributed by atoms with van der Waals surface area (Å²) in [5, 5.41) is 2.95. The lowest BCUT2D eigenvalue weighted by Gasteiger charge is -2.27. The van der Waals surface area contributed by atoms with Gasteiger partial charge in [0.05, 0.1) is 0 Å². The van der Waals surface area contributed by atoms with Gasteiger partial charge in [0.2, 0.25) is 0 Å². The summed E-state index contributed by atoms with van der Waals surface area (Å²) >= 11 is 0. The third kappa shape index (κ3) is 2.37. The van der Waals surface area contributed by atoms with Crippen molar-refractivity contribution in [3.63, 3.8) is 0 Å². The van der Waals surface area contributed by atoms with Gasteiger partial charge in [-0.25, -0.2) is 0 Å². The van der Waals surface area contributed by atoms with E-state index in [1.54, 1.807) is 89.0 Å². The van der Waals surface area contributed by atoms with Gasteiger partial charge < -0.3 is 0 Å². The Morgan fingerprint density at radius 3 is 0.674 bits per heavy atom. The molecular formula is C46H32. The first-order chi connectivity index (χ1) is 22.8. The molecule has 8 unspecified atom stereocenters. The van der Waals surface area contributed by atoms with E-state index in [4.69, 9.17) is 0 Å². The second kappa shape index (κ2) is 7.26. The summed E-state index contributed by atoms with van der Waals surface area (Å²) in [6.45, 7) is 0. The fourth-order valence-electron chi connectivity index (χ4n) is 13.0. The molecule has 0 saturated heterocycles. The summed E-state index contributed by atoms with van der Waals surface area (Å²) in [7, 11) is 0. The molecule has 6 aromatic carbocycles. The fraction of sp³-hybridized carbons (Fsp3) is 0.261. The van der Waals surface area contributed by atoms with E-state index in [2.05, 4.69) is 97.1 Å². The van der Waals surface area contributed by atoms with Crippen molar-refractivity contribution in [1.29, 1.82) is 0 Å². The van der Waals surface area contributed by atoms with Crippen molar-refractivity contribution in [1.82, 2.24) is 0 Å². The number of hydrogen-bond donors (Lipinski definition) is 0. The average molecular weight is 585 g/mol. The lowest BCUT2D eigenvalue weighted by atomic mass is 9.77. The topological polar surface area (TPSA) is 0 Å². The first-order valence-corrected chi connectivity index (χ1v) is 17.9. The van der Waals surface area contributed by atoms with Gasteiger partial charge in [-0.1, -0.05) is 97.1 Å². The van der Waals surface area contributed by atoms with Crippen LogP contribution in [0.4, 0.5) is 0 Å². The van der Waals surface area contributed by atoms with E-state index >= 15 is 0 Å². The van der Waals surface area contributed by atoms with Gasteiger partial charge in [-0.3, -0.25) is 0 Å². The van der Waals surface area contributed by atoms with Gasteiger partial charge in [0.1, 0.15) is 0 Å². The molecule has 14 rings (SSSR count). The third-order valence-electron chi connectivity index (χ3n) is 14.7. The van der Waals surface area contributed by atoms with E-state index < -0.39 is 0 Å². The molecule has 46 heavy (non-hydrogen) atoms. The van der Waals surface area contributed by atoms with Crippen molar-refractivity contribution in [3.8, 4) is 0 Å². The van der Waals surface area contributed by atoms with Crippen LogP contribution >= 0.6 is 0 Å². The highest BCUT2D eigenvalue weighted by molar-refractivity contribution is 5.89. The Morgan fingerprint density at radius 1 is 0.239 bits per heavy atom. The van der Waals surface area contributed by atoms with Crippen LogP contribution in [0.2, 0.25) is 0 Å². The van der Waals surface area contributed by atoms with E-state index in [0.29, 0.717) is 47.3 Å². The minimum atomic E-state index is 0.574. The largest absolute Gasteiger partial charge is 0.0620 e. The average Bonchev–Trinajstić information content (AvgIpc) is 3.97. The molecule has 0 radical (unpaired) electrons. The van der Waals surface area contributed by atoms with Gasteiger partial charge >= 0.3 is 0 Å². The molecule has 216 valence electrons. The zero-order valence-corrected chi connectivity index (χ0v) is 25.7. The van der Waals surface area contributed by atoms with Crippen LogP contribution in [0.25, 0.3) is 10.8 Å². The van der Waals surface area contributed by atoms with Crippen LogP contribution in [-0.2, 0) is 0 Å². The Kier molecular flexibility index (Phi) is 3.63. The highest BCUT2D eigenvalue weighted by atomic mass is 14.5. The van der Waals surface area contributed by atoms with E-state index in [1.165, 1.54) is 36.5 Å². The molecule has 8 bridgehead atoms. The standard InChI is InChI=1S/C46H32/c1-2-6-24-23(5-1)31-13-32(24)40-18-44-36-15-35(43(44)17-39(31)40)27-9-21-11-29-30(12-22(21)10-28(27)36)38-16-37(29)45-19-41-33-14-34(42(41)20-46(38)45)26-8-4-3-7-25(26)33/h1-12,17-20,31-38H,13-16H2. The van der Waals surface area contributed by atoms with Crippen molar-refractivity contribution in [2.24, 2.45) is 0 Å². The molecule has 0 heteroatoms. The zero-order chi connectivity index (χ0) is 29.2. The molecule has 0 heterocycles. The molecule has 0 fully saturated rings. The molecule has 8 aliphatic carbocycles. The molecule has 6 aromatic rings. The Balaban J connectivity index is 0.879. The maximum Gasteiger partial charge on any atom is 0.0105 e. The highest BCUT2D eigenvalue weighted by Gasteiger charge is 2.49. The van der Waals surface area contributed by atoms with Gasteiger partial charge in [-0.15, -0.1) is 0 Å². The van der Waals surface area contributed by atoms with Crippen molar-refractivity contribution in [2.75, 3.05) is 0 Å². The number of fused-ring (bicyclic) bond motifs is 33. The van der Waals surface area contributed by atoms with E-state index in [9.17, 15) is 0 Å². The van der Waals surface area contributed by atoms with Crippen molar-refractivity contribution in [3.05, 3.63) is 186 Å². The van der Waals surface area contributed by atoms with Gasteiger partial charge in [0.15, 0.2) is 0 Å². The molecule has 0 N–H and O–H groups in total. The molecule has 0 aliphatic heterocycles. The Bertz CT molecular complexity index is 2160. The van der Waals surface area contributed by atoms with Gasteiger partial charge in [-0.2, -0.15) is 0 Å². The second-order valence-corrected chi connectivity index (χ2v) is 16.2. The molecule has 0 saturated carbocycles. The quantitative estimate of drug-likeness (QED) is 0.167. The summed E-state index contributed by atoms with van der Waals surface area (Å²) in [5.74, 6) is 4.76. The lowest BCUT2D eigenvalue weighted by Crippen LogP contribution is -2.10. The zero-order valence-electron chi connectivity index (χ0n) is 25.7. The van der Waals surface area contributed by atoms with E-state index in [1.807, 2.05) is 0 Å². The van der Waals surface area contributed by atoms with E-state index in [0.717, 1.165) is 0 Å². The van der Waals surface area contributed by atoms with Crippen LogP contribution in [-0.4, -0.2) is 0 Å². The van der Waals surface area contributed by atoms with Crippen LogP contribution in [0.5, 0.6) is 0 Å². The maximum absolute atomic E-state index is 2.67. The van der Waals surface area contributed by atoms with Crippen LogP contribution < -0.4 is 0 Å². The normalized spacial score (nSPS) is 30.7. The SMILES string of the molecule is c1ccc2c(c1)C1CC2c2cc3c(cc21)C1CC3c2cc3cc4c(cc3cc21)C1CC4c2cc3c(cc21)C1CC3c2ccccc21. The van der Waals surface area contributed by atoms with Crippen molar-refractivity contribution in [2.45, 2.75) is 73.0 Å². The third-order valence-corrected chi connectivity index (χ3v) is 14.7. The molecule has 0 aromatic heterocycles. The molecule has 8 atom stereocenters. The first-order valence-electron chi connectivity index (χ1n) is 17.9. The van der Waals surface area contributed by atoms with Crippen LogP contribution in [0.3, 0.4) is 0 Å². The predicted octanol–water partition coefficient (Wildman–Crippen LogP) is 10.8. The fourth-order valence-corrected chi connectivity index (χ4v) is 13.0. The number of rotatable bonds is 0. The molecule has 0 amide bonds. The van der Waals surface area contributed by atoms with Crippen molar-refractivity contribution >= 4 is 10.8 Å². The second-order valence-electron chi connectivity index (χ2n) is 16.2. The molecule has 8 aliphatic rings. The molecule has 0 spiro atoms. The lowest BCUT2D eigenvalue weighted by molar-refractivity contribution is 0.783. The van der Waals surface area contributed by atoms with Gasteiger partial charge in [-0.05, 0) is 125 Å². The summed E-state index contributed by atoms with van der Waals surface area (Å²) in [6.07, 6.45) is 5.13. The Hall–Kier alpha value is -4.42. The summed E-state index contributed by atoms with van der Waals surface area (Å²) < 4.78 is 0. The van der Waals surface area contributed by atoms with Crippen LogP contribution in [0.15, 0.2) is 97.1 Å². The van der Waals surface area contributed by atoms with Crippen molar-refractivity contribution < 1.29 is 0 Å². The number of benzene rings is 6. The highest BCUT2D eigenvalue weighted by Crippen LogP contribution is 2.65. The predicted molar refractivity (Wildman–Crippen MR) is 183 cm³/mol. The molecule has 0 nitrogen and oxygen atoms in total. The molecular weight excluding hydrogens is 553 g/mol.